The predicted octanol–water partition coefficient (Wildman–Crippen LogP) is 8.54. The highest BCUT2D eigenvalue weighted by molar-refractivity contribution is 6.32. The lowest BCUT2D eigenvalue weighted by atomic mass is 9.76. The quantitative estimate of drug-likeness (QED) is 0.173. The van der Waals surface area contributed by atoms with Gasteiger partial charge in [0.1, 0.15) is 12.1 Å². The summed E-state index contributed by atoms with van der Waals surface area (Å²) in [4.78, 5) is 4.06. The Hall–Kier alpha value is -3.14. The third-order valence-electron chi connectivity index (χ3n) is 6.14. The standard InChI is InChI=1S/C29H26ClFO2/c1-3-25(26-13-12-24(31)18-28(26)30)29(21-10-8-20(9-11-21)14-15-33-32)27-17-23-7-5-4-6-22(23)16-19(27)2/h4-15,17-19,32H,3,16H2,1-2H3/b15-14+,29-25+. The first-order valence-corrected chi connectivity index (χ1v) is 11.4. The van der Waals surface area contributed by atoms with Crippen LogP contribution < -0.4 is 0 Å². The summed E-state index contributed by atoms with van der Waals surface area (Å²) in [6.45, 7) is 4.35. The summed E-state index contributed by atoms with van der Waals surface area (Å²) in [5, 5.41) is 9.00. The van der Waals surface area contributed by atoms with Gasteiger partial charge in [0.2, 0.25) is 0 Å². The normalized spacial score (nSPS) is 16.3. The molecule has 1 unspecified atom stereocenters. The maximum atomic E-state index is 13.8. The lowest BCUT2D eigenvalue weighted by Gasteiger charge is -2.28. The van der Waals surface area contributed by atoms with Gasteiger partial charge in [0.15, 0.2) is 0 Å². The molecule has 0 bridgehead atoms. The first kappa shape index (κ1) is 23.0. The summed E-state index contributed by atoms with van der Waals surface area (Å²) in [7, 11) is 0. The van der Waals surface area contributed by atoms with E-state index in [-0.39, 0.29) is 5.82 Å². The van der Waals surface area contributed by atoms with E-state index in [4.69, 9.17) is 16.9 Å². The highest BCUT2D eigenvalue weighted by Crippen LogP contribution is 2.43. The van der Waals surface area contributed by atoms with Gasteiger partial charge in [0.25, 0.3) is 0 Å². The molecule has 0 spiro atoms. The lowest BCUT2D eigenvalue weighted by Crippen LogP contribution is -2.12. The Kier molecular flexibility index (Phi) is 7.12. The van der Waals surface area contributed by atoms with Gasteiger partial charge in [-0.2, -0.15) is 0 Å². The highest BCUT2D eigenvalue weighted by atomic mass is 35.5. The molecule has 0 aliphatic heterocycles. The van der Waals surface area contributed by atoms with E-state index in [0.29, 0.717) is 10.9 Å². The predicted molar refractivity (Wildman–Crippen MR) is 135 cm³/mol. The zero-order valence-electron chi connectivity index (χ0n) is 18.7. The molecule has 0 heterocycles. The van der Waals surface area contributed by atoms with Crippen molar-refractivity contribution in [2.45, 2.75) is 26.7 Å². The SMILES string of the molecule is CC/C(=C(\C1=Cc2ccccc2CC1C)c1ccc(/C=C/OO)cc1)c1ccc(F)cc1Cl. The fourth-order valence-electron chi connectivity index (χ4n) is 4.55. The Morgan fingerprint density at radius 2 is 1.88 bits per heavy atom. The average Bonchev–Trinajstić information content (AvgIpc) is 2.82. The number of benzene rings is 3. The van der Waals surface area contributed by atoms with Crippen LogP contribution in [-0.4, -0.2) is 5.26 Å². The molecule has 4 rings (SSSR count). The van der Waals surface area contributed by atoms with Crippen molar-refractivity contribution in [2.75, 3.05) is 0 Å². The van der Waals surface area contributed by atoms with E-state index in [0.717, 1.165) is 40.7 Å². The lowest BCUT2D eigenvalue weighted by molar-refractivity contribution is -0.185. The minimum atomic E-state index is -0.345. The molecular formula is C29H26ClFO2. The third kappa shape index (κ3) is 4.95. The molecule has 2 nitrogen and oxygen atoms in total. The van der Waals surface area contributed by atoms with Crippen LogP contribution in [0.25, 0.3) is 23.3 Å². The Bertz CT molecular complexity index is 1240. The van der Waals surface area contributed by atoms with Crippen LogP contribution >= 0.6 is 11.6 Å². The van der Waals surface area contributed by atoms with Gasteiger partial charge < -0.3 is 4.89 Å². The molecule has 1 aliphatic carbocycles. The second-order valence-corrected chi connectivity index (χ2v) is 8.67. The van der Waals surface area contributed by atoms with Crippen molar-refractivity contribution in [3.63, 3.8) is 0 Å². The molecular weight excluding hydrogens is 435 g/mol. The van der Waals surface area contributed by atoms with E-state index >= 15 is 0 Å². The molecule has 0 radical (unpaired) electrons. The van der Waals surface area contributed by atoms with Crippen LogP contribution in [0.15, 0.2) is 78.6 Å². The van der Waals surface area contributed by atoms with E-state index in [9.17, 15) is 4.39 Å². The van der Waals surface area contributed by atoms with E-state index in [1.54, 1.807) is 12.1 Å². The summed E-state index contributed by atoms with van der Waals surface area (Å²) in [5.41, 5.74) is 8.83. The van der Waals surface area contributed by atoms with Crippen molar-refractivity contribution in [3.05, 3.63) is 117 Å². The molecule has 0 aromatic heterocycles. The number of rotatable bonds is 6. The molecule has 0 saturated heterocycles. The highest BCUT2D eigenvalue weighted by Gasteiger charge is 2.24. The first-order valence-electron chi connectivity index (χ1n) is 11.1. The molecule has 0 amide bonds. The van der Waals surface area contributed by atoms with Crippen molar-refractivity contribution in [3.8, 4) is 0 Å². The van der Waals surface area contributed by atoms with E-state index in [1.165, 1.54) is 35.1 Å². The molecule has 0 fully saturated rings. The van der Waals surface area contributed by atoms with Crippen LogP contribution in [0, 0.1) is 11.7 Å². The number of hydrogen-bond donors (Lipinski definition) is 1. The number of halogens is 2. The fraction of sp³-hybridized carbons (Fsp3) is 0.172. The summed E-state index contributed by atoms with van der Waals surface area (Å²) < 4.78 is 13.8. The van der Waals surface area contributed by atoms with Crippen molar-refractivity contribution in [2.24, 2.45) is 5.92 Å². The van der Waals surface area contributed by atoms with Crippen molar-refractivity contribution < 1.29 is 14.5 Å². The summed E-state index contributed by atoms with van der Waals surface area (Å²) in [6.07, 6.45) is 6.88. The molecule has 168 valence electrons. The van der Waals surface area contributed by atoms with Crippen LogP contribution in [0.4, 0.5) is 4.39 Å². The van der Waals surface area contributed by atoms with Crippen LogP contribution in [0.2, 0.25) is 5.02 Å². The van der Waals surface area contributed by atoms with Crippen LogP contribution in [0.1, 0.15) is 48.1 Å². The van der Waals surface area contributed by atoms with Gasteiger partial charge in [-0.25, -0.2) is 9.65 Å². The van der Waals surface area contributed by atoms with Crippen LogP contribution in [0.5, 0.6) is 0 Å². The van der Waals surface area contributed by atoms with Crippen LogP contribution in [-0.2, 0) is 11.3 Å². The monoisotopic (exact) mass is 460 g/mol. The third-order valence-corrected chi connectivity index (χ3v) is 6.46. The topological polar surface area (TPSA) is 29.5 Å². The van der Waals surface area contributed by atoms with E-state index in [1.807, 2.05) is 12.1 Å². The minimum absolute atomic E-state index is 0.304. The maximum absolute atomic E-state index is 13.8. The molecule has 33 heavy (non-hydrogen) atoms. The molecule has 1 N–H and O–H groups in total. The van der Waals surface area contributed by atoms with Crippen LogP contribution in [0.3, 0.4) is 0 Å². The number of fused-ring (bicyclic) bond motifs is 1. The maximum Gasteiger partial charge on any atom is 0.129 e. The Morgan fingerprint density at radius 3 is 2.58 bits per heavy atom. The average molecular weight is 461 g/mol. The van der Waals surface area contributed by atoms with Crippen molar-refractivity contribution in [1.29, 1.82) is 0 Å². The zero-order valence-corrected chi connectivity index (χ0v) is 19.4. The second-order valence-electron chi connectivity index (χ2n) is 8.27. The van der Waals surface area contributed by atoms with Gasteiger partial charge in [-0.05, 0) is 81.5 Å². The Morgan fingerprint density at radius 1 is 1.12 bits per heavy atom. The minimum Gasteiger partial charge on any atom is -0.348 e. The molecule has 3 aromatic rings. The van der Waals surface area contributed by atoms with Gasteiger partial charge in [-0.15, -0.1) is 0 Å². The van der Waals surface area contributed by atoms with Gasteiger partial charge in [0.05, 0.1) is 5.02 Å². The molecule has 4 heteroatoms. The fourth-order valence-corrected chi connectivity index (χ4v) is 4.83. The van der Waals surface area contributed by atoms with Gasteiger partial charge >= 0.3 is 0 Å². The van der Waals surface area contributed by atoms with Crippen molar-refractivity contribution in [1.82, 2.24) is 0 Å². The molecule has 3 aromatic carbocycles. The first-order chi connectivity index (χ1) is 16.0. The number of allylic oxidation sites excluding steroid dienone is 3. The second kappa shape index (κ2) is 10.2. The van der Waals surface area contributed by atoms with Gasteiger partial charge in [-0.3, -0.25) is 0 Å². The summed E-state index contributed by atoms with van der Waals surface area (Å²) >= 11 is 6.53. The summed E-state index contributed by atoms with van der Waals surface area (Å²) in [6, 6.07) is 21.2. The molecule has 0 saturated carbocycles. The smallest absolute Gasteiger partial charge is 0.129 e. The van der Waals surface area contributed by atoms with Gasteiger partial charge in [0, 0.05) is 0 Å². The summed E-state index contributed by atoms with van der Waals surface area (Å²) in [5.74, 6) is -0.0415. The van der Waals surface area contributed by atoms with Gasteiger partial charge in [-0.1, -0.05) is 86.1 Å². The Balaban J connectivity index is 1.95. The van der Waals surface area contributed by atoms with E-state index < -0.39 is 0 Å². The zero-order chi connectivity index (χ0) is 23.4. The Labute approximate surface area is 199 Å². The van der Waals surface area contributed by atoms with Crippen molar-refractivity contribution >= 4 is 34.9 Å². The van der Waals surface area contributed by atoms with E-state index in [2.05, 4.69) is 61.2 Å². The molecule has 1 atom stereocenters. The largest absolute Gasteiger partial charge is 0.348 e. The number of hydrogen-bond acceptors (Lipinski definition) is 2. The molecule has 1 aliphatic rings.